The Morgan fingerprint density at radius 2 is 2.19 bits per heavy atom. The standard InChI is InChI=1S/C18H20N6O2/c25-18(17-16-13(6-8-19-17)21-11-22-16)20-9-7-15-23-14(24-26-15)10-12-4-2-1-3-5-12/h1-5,11,17,19H,6-10H2,(H,20,25)(H,21,22)/t17-/m1/s1. The third-order valence-electron chi connectivity index (χ3n) is 4.36. The van der Waals surface area contributed by atoms with Crippen LogP contribution in [0.2, 0.25) is 0 Å². The van der Waals surface area contributed by atoms with Crippen LogP contribution >= 0.6 is 0 Å². The first-order valence-electron chi connectivity index (χ1n) is 8.68. The van der Waals surface area contributed by atoms with Crippen molar-refractivity contribution in [3.8, 4) is 0 Å². The summed E-state index contributed by atoms with van der Waals surface area (Å²) < 4.78 is 5.26. The summed E-state index contributed by atoms with van der Waals surface area (Å²) in [4.78, 5) is 24.1. The number of aromatic amines is 1. The van der Waals surface area contributed by atoms with Gasteiger partial charge in [-0.25, -0.2) is 4.98 Å². The van der Waals surface area contributed by atoms with Crippen molar-refractivity contribution >= 4 is 5.91 Å². The number of amides is 1. The van der Waals surface area contributed by atoms with E-state index >= 15 is 0 Å². The van der Waals surface area contributed by atoms with Gasteiger partial charge in [-0.05, 0) is 5.56 Å². The van der Waals surface area contributed by atoms with E-state index < -0.39 is 6.04 Å². The number of aromatic nitrogens is 4. The number of rotatable bonds is 6. The molecule has 4 rings (SSSR count). The van der Waals surface area contributed by atoms with Crippen molar-refractivity contribution in [1.82, 2.24) is 30.7 Å². The Balaban J connectivity index is 1.28. The van der Waals surface area contributed by atoms with Crippen LogP contribution in [0, 0.1) is 0 Å². The molecule has 1 amide bonds. The molecule has 3 aromatic rings. The van der Waals surface area contributed by atoms with E-state index in [-0.39, 0.29) is 5.91 Å². The molecular weight excluding hydrogens is 332 g/mol. The van der Waals surface area contributed by atoms with Gasteiger partial charge in [-0.2, -0.15) is 4.98 Å². The summed E-state index contributed by atoms with van der Waals surface area (Å²) in [5.41, 5.74) is 2.93. The van der Waals surface area contributed by atoms with E-state index in [2.05, 4.69) is 30.7 Å². The molecule has 0 fully saturated rings. The molecule has 0 aliphatic carbocycles. The average molecular weight is 352 g/mol. The molecule has 8 nitrogen and oxygen atoms in total. The first kappa shape index (κ1) is 16.5. The highest BCUT2D eigenvalue weighted by atomic mass is 16.5. The van der Waals surface area contributed by atoms with Crippen LogP contribution in [0.25, 0.3) is 0 Å². The van der Waals surface area contributed by atoms with Gasteiger partial charge in [0.15, 0.2) is 5.82 Å². The average Bonchev–Trinajstić information content (AvgIpc) is 3.31. The molecule has 0 bridgehead atoms. The molecule has 1 aliphatic rings. The fraction of sp³-hybridized carbons (Fsp3) is 0.333. The first-order valence-corrected chi connectivity index (χ1v) is 8.68. The van der Waals surface area contributed by atoms with Crippen LogP contribution in [-0.2, 0) is 24.1 Å². The van der Waals surface area contributed by atoms with E-state index in [0.29, 0.717) is 31.1 Å². The van der Waals surface area contributed by atoms with Gasteiger partial charge in [0, 0.05) is 38.0 Å². The SMILES string of the molecule is O=C(NCCc1nc(Cc2ccccc2)no1)[C@@H]1NCCc2[nH]cnc21. The topological polar surface area (TPSA) is 109 Å². The van der Waals surface area contributed by atoms with Gasteiger partial charge in [0.2, 0.25) is 11.8 Å². The summed E-state index contributed by atoms with van der Waals surface area (Å²) in [6.07, 6.45) is 3.61. The lowest BCUT2D eigenvalue weighted by Gasteiger charge is -2.21. The lowest BCUT2D eigenvalue weighted by Crippen LogP contribution is -2.42. The summed E-state index contributed by atoms with van der Waals surface area (Å²) in [5.74, 6) is 1.07. The van der Waals surface area contributed by atoms with Crippen molar-refractivity contribution in [2.24, 2.45) is 0 Å². The van der Waals surface area contributed by atoms with Crippen LogP contribution < -0.4 is 10.6 Å². The molecule has 0 radical (unpaired) electrons. The third kappa shape index (κ3) is 3.65. The maximum absolute atomic E-state index is 12.4. The minimum atomic E-state index is -0.415. The van der Waals surface area contributed by atoms with Gasteiger partial charge in [-0.3, -0.25) is 4.79 Å². The number of carbonyl (C=O) groups is 1. The van der Waals surface area contributed by atoms with Crippen LogP contribution in [0.5, 0.6) is 0 Å². The van der Waals surface area contributed by atoms with Crippen LogP contribution in [-0.4, -0.2) is 39.1 Å². The van der Waals surface area contributed by atoms with E-state index in [4.69, 9.17) is 4.52 Å². The van der Waals surface area contributed by atoms with Crippen LogP contribution in [0.15, 0.2) is 41.2 Å². The highest BCUT2D eigenvalue weighted by Gasteiger charge is 2.28. The highest BCUT2D eigenvalue weighted by molar-refractivity contribution is 5.83. The molecule has 1 aromatic carbocycles. The molecule has 1 atom stereocenters. The fourth-order valence-corrected chi connectivity index (χ4v) is 3.07. The normalized spacial score (nSPS) is 16.2. The smallest absolute Gasteiger partial charge is 0.243 e. The second-order valence-corrected chi connectivity index (χ2v) is 6.21. The molecule has 3 N–H and O–H groups in total. The van der Waals surface area contributed by atoms with Crippen molar-refractivity contribution in [2.75, 3.05) is 13.1 Å². The maximum atomic E-state index is 12.4. The van der Waals surface area contributed by atoms with Crippen molar-refractivity contribution < 1.29 is 9.32 Å². The fourth-order valence-electron chi connectivity index (χ4n) is 3.07. The summed E-state index contributed by atoms with van der Waals surface area (Å²) >= 11 is 0. The Kier molecular flexibility index (Phi) is 4.74. The van der Waals surface area contributed by atoms with E-state index in [0.717, 1.165) is 29.9 Å². The predicted molar refractivity (Wildman–Crippen MR) is 93.3 cm³/mol. The zero-order valence-corrected chi connectivity index (χ0v) is 14.2. The monoisotopic (exact) mass is 352 g/mol. The van der Waals surface area contributed by atoms with E-state index in [1.807, 2.05) is 30.3 Å². The summed E-state index contributed by atoms with van der Waals surface area (Å²) in [6, 6.07) is 9.57. The van der Waals surface area contributed by atoms with Crippen molar-refractivity contribution in [3.63, 3.8) is 0 Å². The number of fused-ring (bicyclic) bond motifs is 1. The Morgan fingerprint density at radius 1 is 1.31 bits per heavy atom. The number of H-pyrrole nitrogens is 1. The minimum absolute atomic E-state index is 0.0953. The second-order valence-electron chi connectivity index (χ2n) is 6.21. The lowest BCUT2D eigenvalue weighted by molar-refractivity contribution is -0.123. The van der Waals surface area contributed by atoms with Gasteiger partial charge in [-0.15, -0.1) is 0 Å². The molecule has 0 saturated carbocycles. The number of nitrogens with one attached hydrogen (secondary N) is 3. The minimum Gasteiger partial charge on any atom is -0.354 e. The Bertz CT molecular complexity index is 873. The molecule has 0 saturated heterocycles. The molecule has 3 heterocycles. The quantitative estimate of drug-likeness (QED) is 0.609. The van der Waals surface area contributed by atoms with E-state index in [9.17, 15) is 4.79 Å². The molecule has 8 heteroatoms. The number of nitrogens with zero attached hydrogens (tertiary/aromatic N) is 3. The number of imidazole rings is 1. The van der Waals surface area contributed by atoms with Gasteiger partial charge in [-0.1, -0.05) is 35.5 Å². The Morgan fingerprint density at radius 3 is 3.08 bits per heavy atom. The number of hydrogen-bond donors (Lipinski definition) is 3. The second kappa shape index (κ2) is 7.49. The van der Waals surface area contributed by atoms with Crippen LogP contribution in [0.4, 0.5) is 0 Å². The van der Waals surface area contributed by atoms with Gasteiger partial charge in [0.05, 0.1) is 12.0 Å². The summed E-state index contributed by atoms with van der Waals surface area (Å²) in [6.45, 7) is 1.18. The third-order valence-corrected chi connectivity index (χ3v) is 4.36. The largest absolute Gasteiger partial charge is 0.354 e. The Labute approximate surface area is 150 Å². The molecule has 2 aromatic heterocycles. The number of hydrogen-bond acceptors (Lipinski definition) is 6. The molecule has 1 aliphatic heterocycles. The maximum Gasteiger partial charge on any atom is 0.243 e. The molecule has 26 heavy (non-hydrogen) atoms. The highest BCUT2D eigenvalue weighted by Crippen LogP contribution is 2.19. The number of benzene rings is 1. The van der Waals surface area contributed by atoms with Crippen LogP contribution in [0.1, 0.15) is 34.7 Å². The lowest BCUT2D eigenvalue weighted by atomic mass is 10.1. The van der Waals surface area contributed by atoms with Crippen molar-refractivity contribution in [1.29, 1.82) is 0 Å². The zero-order valence-electron chi connectivity index (χ0n) is 14.2. The summed E-state index contributed by atoms with van der Waals surface area (Å²) in [7, 11) is 0. The Hall–Kier alpha value is -3.00. The molecule has 0 spiro atoms. The van der Waals surface area contributed by atoms with Crippen molar-refractivity contribution in [3.05, 3.63) is 65.3 Å². The molecule has 134 valence electrons. The van der Waals surface area contributed by atoms with E-state index in [1.165, 1.54) is 0 Å². The van der Waals surface area contributed by atoms with Gasteiger partial charge >= 0.3 is 0 Å². The zero-order chi connectivity index (χ0) is 17.8. The van der Waals surface area contributed by atoms with Gasteiger partial charge in [0.25, 0.3) is 0 Å². The molecule has 0 unspecified atom stereocenters. The van der Waals surface area contributed by atoms with E-state index in [1.54, 1.807) is 6.33 Å². The predicted octanol–water partition coefficient (Wildman–Crippen LogP) is 0.929. The summed E-state index contributed by atoms with van der Waals surface area (Å²) in [5, 5.41) is 10.1. The van der Waals surface area contributed by atoms with Crippen molar-refractivity contribution in [2.45, 2.75) is 25.3 Å². The van der Waals surface area contributed by atoms with Crippen LogP contribution in [0.3, 0.4) is 0 Å². The van der Waals surface area contributed by atoms with Gasteiger partial charge < -0.3 is 20.1 Å². The first-order chi connectivity index (χ1) is 12.8. The molecular formula is C18H20N6O2. The van der Waals surface area contributed by atoms with Gasteiger partial charge in [0.1, 0.15) is 6.04 Å². The number of carbonyl (C=O) groups excluding carboxylic acids is 1.